The molecule has 0 saturated carbocycles. The Morgan fingerprint density at radius 2 is 1.87 bits per heavy atom. The summed E-state index contributed by atoms with van der Waals surface area (Å²) in [5.74, 6) is 1.18. The van der Waals surface area contributed by atoms with Gasteiger partial charge < -0.3 is 19.7 Å². The van der Waals surface area contributed by atoms with Crippen LogP contribution in [0.25, 0.3) is 0 Å². The number of benzene rings is 1. The molecule has 1 aromatic rings. The van der Waals surface area contributed by atoms with Crippen LogP contribution in [0.2, 0.25) is 0 Å². The van der Waals surface area contributed by atoms with Crippen molar-refractivity contribution in [2.45, 2.75) is 25.7 Å². The summed E-state index contributed by atoms with van der Waals surface area (Å²) in [7, 11) is 3.18. The summed E-state index contributed by atoms with van der Waals surface area (Å²) in [4.78, 5) is 15.1. The fourth-order valence-electron chi connectivity index (χ4n) is 3.98. The zero-order valence-corrected chi connectivity index (χ0v) is 14.1. The third-order valence-electron chi connectivity index (χ3n) is 5.15. The number of carbonyl (C=O) groups excluding carboxylic acids is 1. The fourth-order valence-corrected chi connectivity index (χ4v) is 3.98. The van der Waals surface area contributed by atoms with Crippen LogP contribution in [0.3, 0.4) is 0 Å². The maximum absolute atomic E-state index is 13.1. The molecule has 1 amide bonds. The minimum atomic E-state index is 0.0175. The molecule has 0 aliphatic carbocycles. The van der Waals surface area contributed by atoms with Gasteiger partial charge in [-0.05, 0) is 44.4 Å². The van der Waals surface area contributed by atoms with Crippen LogP contribution in [0.4, 0.5) is 0 Å². The van der Waals surface area contributed by atoms with E-state index in [1.807, 2.05) is 23.1 Å². The van der Waals surface area contributed by atoms with Gasteiger partial charge in [0.1, 0.15) is 17.1 Å². The number of ether oxygens (including phenoxy) is 2. The predicted molar refractivity (Wildman–Crippen MR) is 89.2 cm³/mol. The number of rotatable bonds is 3. The normalized spacial score (nSPS) is 24.5. The second kappa shape index (κ2) is 6.79. The summed E-state index contributed by atoms with van der Waals surface area (Å²) in [6.07, 6.45) is 4.66. The Kier molecular flexibility index (Phi) is 4.76. The molecule has 2 heterocycles. The minimum absolute atomic E-state index is 0.0175. The van der Waals surface area contributed by atoms with Crippen molar-refractivity contribution in [1.29, 1.82) is 0 Å². The summed E-state index contributed by atoms with van der Waals surface area (Å²) in [5.41, 5.74) is 0.778. The molecule has 1 atom stereocenters. The van der Waals surface area contributed by atoms with Crippen LogP contribution >= 0.6 is 0 Å². The predicted octanol–water partition coefficient (Wildman–Crippen LogP) is 2.31. The molecule has 2 fully saturated rings. The Morgan fingerprint density at radius 1 is 1.17 bits per heavy atom. The quantitative estimate of drug-likeness (QED) is 0.929. The van der Waals surface area contributed by atoms with Gasteiger partial charge in [-0.15, -0.1) is 0 Å². The average molecular weight is 318 g/mol. The van der Waals surface area contributed by atoms with Crippen molar-refractivity contribution < 1.29 is 14.3 Å². The Labute approximate surface area is 137 Å². The van der Waals surface area contributed by atoms with Crippen molar-refractivity contribution >= 4 is 5.91 Å². The highest BCUT2D eigenvalue weighted by Crippen LogP contribution is 2.38. The van der Waals surface area contributed by atoms with Crippen molar-refractivity contribution in [3.8, 4) is 11.5 Å². The SMILES string of the molecule is COc1cccc(OC)c1C(=O)N1CCCC2(CCCNC2)C1. The van der Waals surface area contributed by atoms with E-state index in [0.717, 1.165) is 32.6 Å². The number of methoxy groups -OCH3 is 2. The summed E-state index contributed by atoms with van der Waals surface area (Å²) < 4.78 is 10.8. The first-order valence-corrected chi connectivity index (χ1v) is 8.40. The maximum Gasteiger partial charge on any atom is 0.261 e. The van der Waals surface area contributed by atoms with E-state index in [1.54, 1.807) is 14.2 Å². The van der Waals surface area contributed by atoms with Gasteiger partial charge in [-0.2, -0.15) is 0 Å². The lowest BCUT2D eigenvalue weighted by Crippen LogP contribution is -2.52. The standard InChI is InChI=1S/C18H26N2O3/c1-22-14-6-3-7-15(23-2)16(14)17(21)20-11-5-9-18(13-20)8-4-10-19-12-18/h3,6-7,19H,4-5,8-13H2,1-2H3. The molecule has 1 unspecified atom stereocenters. The summed E-state index contributed by atoms with van der Waals surface area (Å²) in [6, 6.07) is 5.48. The fraction of sp³-hybridized carbons (Fsp3) is 0.611. The van der Waals surface area contributed by atoms with E-state index in [0.29, 0.717) is 17.1 Å². The molecule has 23 heavy (non-hydrogen) atoms. The Bertz CT molecular complexity index is 540. The van der Waals surface area contributed by atoms with Gasteiger partial charge in [-0.3, -0.25) is 4.79 Å². The highest BCUT2D eigenvalue weighted by Gasteiger charge is 2.39. The van der Waals surface area contributed by atoms with Crippen LogP contribution in [0, 0.1) is 5.41 Å². The van der Waals surface area contributed by atoms with E-state index >= 15 is 0 Å². The van der Waals surface area contributed by atoms with E-state index in [4.69, 9.17) is 9.47 Å². The van der Waals surface area contributed by atoms with Gasteiger partial charge in [0.2, 0.25) is 0 Å². The zero-order chi connectivity index (χ0) is 16.3. The lowest BCUT2D eigenvalue weighted by atomic mass is 9.74. The van der Waals surface area contributed by atoms with Crippen molar-refractivity contribution in [1.82, 2.24) is 10.2 Å². The first-order valence-electron chi connectivity index (χ1n) is 8.40. The van der Waals surface area contributed by atoms with E-state index in [2.05, 4.69) is 5.32 Å². The van der Waals surface area contributed by atoms with E-state index in [9.17, 15) is 4.79 Å². The van der Waals surface area contributed by atoms with Crippen LogP contribution in [-0.2, 0) is 0 Å². The van der Waals surface area contributed by atoms with Gasteiger partial charge in [0.05, 0.1) is 14.2 Å². The molecule has 2 aliphatic heterocycles. The molecule has 1 spiro atoms. The summed E-state index contributed by atoms with van der Waals surface area (Å²) in [6.45, 7) is 3.73. The first kappa shape index (κ1) is 16.1. The number of nitrogens with zero attached hydrogens (tertiary/aromatic N) is 1. The van der Waals surface area contributed by atoms with Crippen LogP contribution in [0.1, 0.15) is 36.0 Å². The minimum Gasteiger partial charge on any atom is -0.496 e. The van der Waals surface area contributed by atoms with E-state index < -0.39 is 0 Å². The number of carbonyl (C=O) groups is 1. The van der Waals surface area contributed by atoms with Crippen molar-refractivity contribution in [3.63, 3.8) is 0 Å². The van der Waals surface area contributed by atoms with Crippen LogP contribution in [0.15, 0.2) is 18.2 Å². The molecule has 126 valence electrons. The van der Waals surface area contributed by atoms with E-state index in [-0.39, 0.29) is 11.3 Å². The van der Waals surface area contributed by atoms with Crippen LogP contribution in [-0.4, -0.2) is 51.2 Å². The third kappa shape index (κ3) is 3.15. The Balaban J connectivity index is 1.85. The summed E-state index contributed by atoms with van der Waals surface area (Å²) >= 11 is 0. The molecule has 0 bridgehead atoms. The Morgan fingerprint density at radius 3 is 2.48 bits per heavy atom. The van der Waals surface area contributed by atoms with Gasteiger partial charge in [0, 0.05) is 25.0 Å². The molecule has 1 aromatic carbocycles. The monoisotopic (exact) mass is 318 g/mol. The van der Waals surface area contributed by atoms with Gasteiger partial charge in [-0.1, -0.05) is 6.07 Å². The topological polar surface area (TPSA) is 50.8 Å². The lowest BCUT2D eigenvalue weighted by molar-refractivity contribution is 0.0428. The van der Waals surface area contributed by atoms with Gasteiger partial charge in [0.25, 0.3) is 5.91 Å². The number of amides is 1. The second-order valence-corrected chi connectivity index (χ2v) is 6.65. The zero-order valence-electron chi connectivity index (χ0n) is 14.1. The third-order valence-corrected chi connectivity index (χ3v) is 5.15. The highest BCUT2D eigenvalue weighted by atomic mass is 16.5. The number of likely N-dealkylation sites (tertiary alicyclic amines) is 1. The average Bonchev–Trinajstić information content (AvgIpc) is 2.61. The highest BCUT2D eigenvalue weighted by molar-refractivity contribution is 5.99. The van der Waals surface area contributed by atoms with Gasteiger partial charge in [0.15, 0.2) is 0 Å². The van der Waals surface area contributed by atoms with Gasteiger partial charge in [-0.25, -0.2) is 0 Å². The molecular formula is C18H26N2O3. The summed E-state index contributed by atoms with van der Waals surface area (Å²) in [5, 5.41) is 3.50. The van der Waals surface area contributed by atoms with Crippen LogP contribution < -0.4 is 14.8 Å². The number of hydrogen-bond acceptors (Lipinski definition) is 4. The Hall–Kier alpha value is -1.75. The lowest BCUT2D eigenvalue weighted by Gasteiger charge is -2.45. The molecule has 2 aliphatic rings. The molecule has 0 aromatic heterocycles. The van der Waals surface area contributed by atoms with Crippen LogP contribution in [0.5, 0.6) is 11.5 Å². The maximum atomic E-state index is 13.1. The molecule has 5 nitrogen and oxygen atoms in total. The molecule has 5 heteroatoms. The first-order chi connectivity index (χ1) is 11.2. The molecule has 1 N–H and O–H groups in total. The van der Waals surface area contributed by atoms with Crippen molar-refractivity contribution in [2.75, 3.05) is 40.4 Å². The molecule has 2 saturated heterocycles. The molecular weight excluding hydrogens is 292 g/mol. The second-order valence-electron chi connectivity index (χ2n) is 6.65. The molecule has 0 radical (unpaired) electrons. The smallest absolute Gasteiger partial charge is 0.261 e. The molecule has 3 rings (SSSR count). The number of piperidine rings is 2. The van der Waals surface area contributed by atoms with Gasteiger partial charge >= 0.3 is 0 Å². The number of hydrogen-bond donors (Lipinski definition) is 1. The number of nitrogens with one attached hydrogen (secondary N) is 1. The van der Waals surface area contributed by atoms with E-state index in [1.165, 1.54) is 19.3 Å². The van der Waals surface area contributed by atoms with Crippen molar-refractivity contribution in [2.24, 2.45) is 5.41 Å². The van der Waals surface area contributed by atoms with Crippen molar-refractivity contribution in [3.05, 3.63) is 23.8 Å². The largest absolute Gasteiger partial charge is 0.496 e.